The van der Waals surface area contributed by atoms with Crippen LogP contribution >= 0.6 is 69.6 Å². The summed E-state index contributed by atoms with van der Waals surface area (Å²) >= 11 is 36.8. The summed E-state index contributed by atoms with van der Waals surface area (Å²) in [4.78, 5) is 0. The first-order valence-electron chi connectivity index (χ1n) is 1.89. The molecule has 0 aromatic rings. The molecular weight excluding hydrogens is 312 g/mol. The third kappa shape index (κ3) is 4.33. The molecule has 1 atom stereocenters. The van der Waals surface area contributed by atoms with Gasteiger partial charge in [0, 0.05) is 0 Å². The van der Waals surface area contributed by atoms with E-state index in [9.17, 15) is 0 Å². The molecule has 0 radical (unpaired) electrons. The molecule has 0 heterocycles. The zero-order valence-corrected chi connectivity index (χ0v) is 9.62. The van der Waals surface area contributed by atoms with Crippen molar-refractivity contribution >= 4 is 69.6 Å². The summed E-state index contributed by atoms with van der Waals surface area (Å²) in [6.07, 6.45) is 0. The molecule has 0 rings (SSSR count). The van der Waals surface area contributed by atoms with Crippen molar-refractivity contribution in [1.82, 2.24) is 0 Å². The average Bonchev–Trinajstić information content (AvgIpc) is 1.59. The Hall–Kier alpha value is 2.26. The number of hydrogen-bond acceptors (Lipinski definition) is 0. The molecule has 0 amide bonds. The maximum atomic E-state index is 5.46. The van der Waals surface area contributed by atoms with Gasteiger partial charge in [-0.1, -0.05) is 0 Å². The van der Waals surface area contributed by atoms with Crippen LogP contribution in [0.4, 0.5) is 0 Å². The predicted molar refractivity (Wildman–Crippen MR) is 44.4 cm³/mol. The second-order valence-corrected chi connectivity index (χ2v) is 6.78. The number of rotatable bonds is 1. The summed E-state index contributed by atoms with van der Waals surface area (Å²) in [5.74, 6) is 0. The average molecular weight is 313 g/mol. The normalized spacial score (nSPS) is 17.2. The van der Waals surface area contributed by atoms with Gasteiger partial charge in [-0.3, -0.25) is 0 Å². The van der Waals surface area contributed by atoms with E-state index < -0.39 is 12.4 Å². The molecule has 0 spiro atoms. The van der Waals surface area contributed by atoms with Gasteiger partial charge in [-0.2, -0.15) is 0 Å². The number of halogens is 6. The molecule has 0 saturated heterocycles. The predicted octanol–water partition coefficient (Wildman–Crippen LogP) is 3.64. The first-order valence-corrected chi connectivity index (χ1v) is 4.69. The minimum atomic E-state index is -1.75. The molecule has 0 aromatic carbocycles. The molecule has 0 nitrogen and oxygen atoms in total. The number of hydrogen-bond donors (Lipinski definition) is 0. The fraction of sp³-hybridized carbons (Fsp3) is 1.00. The van der Waals surface area contributed by atoms with Crippen molar-refractivity contribution < 1.29 is 16.0 Å². The molecule has 0 aliphatic carbocycles. The summed E-state index contributed by atoms with van der Waals surface area (Å²) in [6.45, 7) is 0. The van der Waals surface area contributed by atoms with E-state index >= 15 is 0 Å². The molecule has 0 bridgehead atoms. The monoisotopic (exact) mass is 310 g/mol. The van der Waals surface area contributed by atoms with E-state index in [0.29, 0.717) is 0 Å². The zero-order valence-electron chi connectivity index (χ0n) is 4.15. The van der Waals surface area contributed by atoms with Crippen LogP contribution in [0.5, 0.6) is 0 Å². The van der Waals surface area contributed by atoms with Gasteiger partial charge in [0.15, 0.2) is 0 Å². The molecule has 7 heteroatoms. The van der Waals surface area contributed by atoms with Crippen molar-refractivity contribution in [3.05, 3.63) is 0 Å². The summed E-state index contributed by atoms with van der Waals surface area (Å²) in [7, 11) is 0. The summed E-state index contributed by atoms with van der Waals surface area (Å²) in [5.41, 5.74) is 0. The summed E-state index contributed by atoms with van der Waals surface area (Å²) < 4.78 is -3.43. The van der Waals surface area contributed by atoms with Crippen LogP contribution in [-0.2, 0) is 16.0 Å². The standard InChI is InChI=1S/C3HCl6.Cu/c4-1(2(5)6)3(7,8)9;/h1H;. The van der Waals surface area contributed by atoms with E-state index in [0.717, 1.165) is 0 Å². The SMILES string of the molecule is ClC(C(Cl)(Cl)Cl)[C](Cl)(Cl)[Cu]. The van der Waals surface area contributed by atoms with Crippen LogP contribution < -0.4 is 0 Å². The topological polar surface area (TPSA) is 0 Å². The van der Waals surface area contributed by atoms with Crippen molar-refractivity contribution in [2.45, 2.75) is 12.4 Å². The second-order valence-electron chi connectivity index (χ2n) is 1.39. The summed E-state index contributed by atoms with van der Waals surface area (Å²) in [5, 5.41) is -1.13. The Morgan fingerprint density at radius 1 is 1.00 bits per heavy atom. The molecule has 0 fully saturated rings. The van der Waals surface area contributed by atoms with Gasteiger partial charge in [-0.25, -0.2) is 0 Å². The Bertz CT molecular complexity index is 97.1. The van der Waals surface area contributed by atoms with E-state index in [1.807, 2.05) is 0 Å². The third-order valence-electron chi connectivity index (χ3n) is 0.555. The first kappa shape index (κ1) is 12.3. The third-order valence-corrected chi connectivity index (χ3v) is 3.26. The van der Waals surface area contributed by atoms with E-state index in [4.69, 9.17) is 69.6 Å². The van der Waals surface area contributed by atoms with Crippen LogP contribution in [0, 0.1) is 0 Å². The molecule has 0 aromatic heterocycles. The van der Waals surface area contributed by atoms with Crippen molar-refractivity contribution in [2.75, 3.05) is 0 Å². The second kappa shape index (κ2) is 3.98. The van der Waals surface area contributed by atoms with Gasteiger partial charge in [0.2, 0.25) is 0 Å². The number of alkyl halides is 6. The van der Waals surface area contributed by atoms with Gasteiger partial charge in [-0.05, 0) is 0 Å². The molecule has 0 aliphatic rings. The quantitative estimate of drug-likeness (QED) is 0.512. The molecule has 0 aliphatic heterocycles. The fourth-order valence-corrected chi connectivity index (χ4v) is 1.72. The Morgan fingerprint density at radius 3 is 1.30 bits per heavy atom. The van der Waals surface area contributed by atoms with E-state index in [-0.39, 0.29) is 0 Å². The van der Waals surface area contributed by atoms with Crippen LogP contribution in [0.15, 0.2) is 0 Å². The molecule has 0 N–H and O–H groups in total. The van der Waals surface area contributed by atoms with Crippen LogP contribution in [0.3, 0.4) is 0 Å². The van der Waals surface area contributed by atoms with Crippen molar-refractivity contribution in [3.63, 3.8) is 0 Å². The first-order chi connectivity index (χ1) is 4.15. The van der Waals surface area contributed by atoms with E-state index in [2.05, 4.69) is 16.0 Å². The van der Waals surface area contributed by atoms with Crippen molar-refractivity contribution in [2.24, 2.45) is 0 Å². The zero-order chi connectivity index (χ0) is 8.58. The molecular formula is C3HCl6Cu. The van der Waals surface area contributed by atoms with E-state index in [1.165, 1.54) is 0 Å². The Labute approximate surface area is 97.2 Å². The summed E-state index contributed by atoms with van der Waals surface area (Å²) in [6, 6.07) is 0. The Morgan fingerprint density at radius 2 is 1.30 bits per heavy atom. The van der Waals surface area contributed by atoms with Crippen LogP contribution in [0.1, 0.15) is 0 Å². The molecule has 0 saturated carbocycles. The van der Waals surface area contributed by atoms with Crippen molar-refractivity contribution in [3.8, 4) is 0 Å². The molecule has 10 heavy (non-hydrogen) atoms. The van der Waals surface area contributed by atoms with Gasteiger partial charge in [0.1, 0.15) is 0 Å². The van der Waals surface area contributed by atoms with Crippen LogP contribution in [0.2, 0.25) is 0 Å². The van der Waals surface area contributed by atoms with Gasteiger partial charge < -0.3 is 0 Å². The van der Waals surface area contributed by atoms with Crippen LogP contribution in [-0.4, -0.2) is 12.4 Å². The fourth-order valence-electron chi connectivity index (χ4n) is 0.173. The van der Waals surface area contributed by atoms with Gasteiger partial charge in [-0.15, -0.1) is 0 Å². The van der Waals surface area contributed by atoms with Gasteiger partial charge in [0.05, 0.1) is 0 Å². The Balaban J connectivity index is 4.23. The minimum absolute atomic E-state index is 1.13. The van der Waals surface area contributed by atoms with Gasteiger partial charge >= 0.3 is 98.0 Å². The molecule has 66 valence electrons. The van der Waals surface area contributed by atoms with Gasteiger partial charge in [0.25, 0.3) is 0 Å². The Kier molecular flexibility index (Phi) is 4.88. The molecule has 1 unspecified atom stereocenters. The van der Waals surface area contributed by atoms with Crippen LogP contribution in [0.25, 0.3) is 0 Å². The van der Waals surface area contributed by atoms with E-state index in [1.54, 1.807) is 0 Å². The maximum absolute atomic E-state index is 5.46. The van der Waals surface area contributed by atoms with Crippen molar-refractivity contribution in [1.29, 1.82) is 0 Å².